The normalized spacial score (nSPS) is 17.1. The van der Waals surface area contributed by atoms with E-state index in [4.69, 9.17) is 0 Å². The number of benzene rings is 1. The zero-order valence-electron chi connectivity index (χ0n) is 9.76. The number of nitrogens with one attached hydrogen (secondary N) is 1. The highest BCUT2D eigenvalue weighted by Crippen LogP contribution is 2.34. The molecule has 18 heavy (non-hydrogen) atoms. The van der Waals surface area contributed by atoms with E-state index in [0.717, 1.165) is 41.7 Å². The van der Waals surface area contributed by atoms with Crippen molar-refractivity contribution in [2.75, 3.05) is 13.1 Å². The van der Waals surface area contributed by atoms with Crippen LogP contribution in [-0.4, -0.2) is 22.4 Å². The van der Waals surface area contributed by atoms with Crippen LogP contribution in [0.3, 0.4) is 0 Å². The minimum Gasteiger partial charge on any atom is -0.317 e. The average molecular weight is 263 g/mol. The smallest absolute Gasteiger partial charge is 0.270 e. The highest BCUT2D eigenvalue weighted by Gasteiger charge is 2.21. The van der Waals surface area contributed by atoms with Gasteiger partial charge in [-0.1, -0.05) is 0 Å². The lowest BCUT2D eigenvalue weighted by Crippen LogP contribution is -2.26. The first-order valence-electron chi connectivity index (χ1n) is 6.00. The van der Waals surface area contributed by atoms with E-state index < -0.39 is 0 Å². The highest BCUT2D eigenvalue weighted by atomic mass is 32.1. The Hall–Kier alpha value is -1.53. The molecule has 1 fully saturated rings. The summed E-state index contributed by atoms with van der Waals surface area (Å²) in [4.78, 5) is 10.4. The number of rotatable bonds is 2. The van der Waals surface area contributed by atoms with Crippen molar-refractivity contribution in [2.45, 2.75) is 18.8 Å². The number of hydrogen-bond donors (Lipinski definition) is 1. The lowest BCUT2D eigenvalue weighted by molar-refractivity contribution is -0.384. The SMILES string of the molecule is O=[N+]([O-])c1ccc2c(C3CCNCC3)nsc2c1. The van der Waals surface area contributed by atoms with Gasteiger partial charge >= 0.3 is 0 Å². The Kier molecular flexibility index (Phi) is 2.97. The first-order chi connectivity index (χ1) is 8.75. The summed E-state index contributed by atoms with van der Waals surface area (Å²) < 4.78 is 5.43. The van der Waals surface area contributed by atoms with E-state index in [1.54, 1.807) is 12.1 Å². The number of fused-ring (bicyclic) bond motifs is 1. The summed E-state index contributed by atoms with van der Waals surface area (Å²) in [5.74, 6) is 0.487. The standard InChI is InChI=1S/C12H13N3O2S/c16-15(17)9-1-2-10-11(7-9)18-14-12(10)8-3-5-13-6-4-8/h1-2,7-8,13H,3-6H2. The summed E-state index contributed by atoms with van der Waals surface area (Å²) in [5, 5.41) is 15.2. The Morgan fingerprint density at radius 2 is 2.17 bits per heavy atom. The second kappa shape index (κ2) is 4.62. The van der Waals surface area contributed by atoms with Gasteiger partial charge in [-0.2, -0.15) is 4.37 Å². The van der Waals surface area contributed by atoms with Crippen molar-refractivity contribution in [1.82, 2.24) is 9.69 Å². The lowest BCUT2D eigenvalue weighted by atomic mass is 9.92. The van der Waals surface area contributed by atoms with Gasteiger partial charge in [0.1, 0.15) is 0 Å². The minimum absolute atomic E-state index is 0.142. The highest BCUT2D eigenvalue weighted by molar-refractivity contribution is 7.13. The molecule has 3 rings (SSSR count). The molecule has 0 amide bonds. The number of nitrogens with zero attached hydrogens (tertiary/aromatic N) is 2. The first kappa shape index (κ1) is 11.6. The molecule has 0 aliphatic carbocycles. The molecule has 0 radical (unpaired) electrons. The van der Waals surface area contributed by atoms with Gasteiger partial charge in [-0.3, -0.25) is 10.1 Å². The van der Waals surface area contributed by atoms with Gasteiger partial charge in [0.25, 0.3) is 5.69 Å². The van der Waals surface area contributed by atoms with Crippen molar-refractivity contribution >= 4 is 27.3 Å². The van der Waals surface area contributed by atoms with Gasteiger partial charge in [-0.15, -0.1) is 0 Å². The second-order valence-corrected chi connectivity index (χ2v) is 5.33. The summed E-state index contributed by atoms with van der Waals surface area (Å²) in [6.45, 7) is 2.05. The van der Waals surface area contributed by atoms with Crippen LogP contribution < -0.4 is 5.32 Å². The largest absolute Gasteiger partial charge is 0.317 e. The molecule has 1 N–H and O–H groups in total. The van der Waals surface area contributed by atoms with Gasteiger partial charge in [-0.05, 0) is 43.5 Å². The van der Waals surface area contributed by atoms with Crippen molar-refractivity contribution in [3.63, 3.8) is 0 Å². The van der Waals surface area contributed by atoms with Crippen molar-refractivity contribution in [1.29, 1.82) is 0 Å². The molecule has 1 aliphatic heterocycles. The predicted molar refractivity (Wildman–Crippen MR) is 71.1 cm³/mol. The Labute approximate surface area is 108 Å². The van der Waals surface area contributed by atoms with Gasteiger partial charge in [0.15, 0.2) is 0 Å². The predicted octanol–water partition coefficient (Wildman–Crippen LogP) is 2.67. The van der Waals surface area contributed by atoms with Crippen LogP contribution in [0.2, 0.25) is 0 Å². The molecule has 0 atom stereocenters. The molecule has 2 heterocycles. The Morgan fingerprint density at radius 1 is 1.39 bits per heavy atom. The van der Waals surface area contributed by atoms with Crippen molar-refractivity contribution in [3.8, 4) is 0 Å². The van der Waals surface area contributed by atoms with Crippen LogP contribution in [0, 0.1) is 10.1 Å². The van der Waals surface area contributed by atoms with Crippen LogP contribution in [0.5, 0.6) is 0 Å². The van der Waals surface area contributed by atoms with Crippen molar-refractivity contribution < 1.29 is 4.92 Å². The maximum Gasteiger partial charge on any atom is 0.270 e. The molecule has 1 aliphatic rings. The Balaban J connectivity index is 2.01. The molecule has 6 heteroatoms. The van der Waals surface area contributed by atoms with Crippen LogP contribution in [0.4, 0.5) is 5.69 Å². The monoisotopic (exact) mass is 263 g/mol. The maximum atomic E-state index is 10.7. The summed E-state index contributed by atoms with van der Waals surface area (Å²) in [6.07, 6.45) is 2.19. The number of non-ortho nitro benzene ring substituents is 1. The van der Waals surface area contributed by atoms with Crippen LogP contribution in [0.1, 0.15) is 24.5 Å². The van der Waals surface area contributed by atoms with Crippen LogP contribution in [-0.2, 0) is 0 Å². The average Bonchev–Trinajstić information content (AvgIpc) is 2.82. The maximum absolute atomic E-state index is 10.7. The van der Waals surface area contributed by atoms with Gasteiger partial charge in [0.05, 0.1) is 15.3 Å². The third-order valence-corrected chi connectivity index (χ3v) is 4.24. The van der Waals surface area contributed by atoms with E-state index in [0.29, 0.717) is 5.92 Å². The molecule has 0 saturated carbocycles. The zero-order valence-corrected chi connectivity index (χ0v) is 10.6. The van der Waals surface area contributed by atoms with E-state index in [1.807, 2.05) is 6.07 Å². The van der Waals surface area contributed by atoms with Gasteiger partial charge in [0.2, 0.25) is 0 Å². The number of hydrogen-bond acceptors (Lipinski definition) is 5. The third kappa shape index (κ3) is 1.97. The van der Waals surface area contributed by atoms with E-state index in [-0.39, 0.29) is 10.6 Å². The summed E-state index contributed by atoms with van der Waals surface area (Å²) in [7, 11) is 0. The molecule has 1 aromatic heterocycles. The van der Waals surface area contributed by atoms with E-state index in [2.05, 4.69) is 9.69 Å². The van der Waals surface area contributed by atoms with E-state index >= 15 is 0 Å². The van der Waals surface area contributed by atoms with Crippen LogP contribution in [0.25, 0.3) is 10.1 Å². The second-order valence-electron chi connectivity index (χ2n) is 4.53. The fourth-order valence-corrected chi connectivity index (χ4v) is 3.34. The van der Waals surface area contributed by atoms with E-state index in [9.17, 15) is 10.1 Å². The summed E-state index contributed by atoms with van der Waals surface area (Å²) >= 11 is 1.36. The van der Waals surface area contributed by atoms with Crippen LogP contribution in [0.15, 0.2) is 18.2 Å². The van der Waals surface area contributed by atoms with Crippen LogP contribution >= 0.6 is 11.5 Å². The molecular weight excluding hydrogens is 250 g/mol. The zero-order chi connectivity index (χ0) is 12.5. The fourth-order valence-electron chi connectivity index (χ4n) is 2.45. The van der Waals surface area contributed by atoms with Crippen molar-refractivity contribution in [3.05, 3.63) is 34.0 Å². The number of aromatic nitrogens is 1. The molecule has 0 unspecified atom stereocenters. The Bertz CT molecular complexity index is 590. The number of nitro groups is 1. The minimum atomic E-state index is -0.358. The van der Waals surface area contributed by atoms with Gasteiger partial charge in [-0.25, -0.2) is 0 Å². The molecule has 5 nitrogen and oxygen atoms in total. The molecule has 1 saturated heterocycles. The molecule has 94 valence electrons. The first-order valence-corrected chi connectivity index (χ1v) is 6.77. The fraction of sp³-hybridized carbons (Fsp3) is 0.417. The third-order valence-electron chi connectivity index (χ3n) is 3.42. The lowest BCUT2D eigenvalue weighted by Gasteiger charge is -2.21. The van der Waals surface area contributed by atoms with Gasteiger partial charge in [0, 0.05) is 23.4 Å². The molecule has 0 spiro atoms. The summed E-state index contributed by atoms with van der Waals surface area (Å²) in [6, 6.07) is 5.03. The Morgan fingerprint density at radius 3 is 2.89 bits per heavy atom. The molecule has 2 aromatic rings. The molecule has 0 bridgehead atoms. The number of piperidine rings is 1. The van der Waals surface area contributed by atoms with Crippen molar-refractivity contribution in [2.24, 2.45) is 0 Å². The molecule has 1 aromatic carbocycles. The quantitative estimate of drug-likeness (QED) is 0.668. The summed E-state index contributed by atoms with van der Waals surface area (Å²) in [5.41, 5.74) is 1.26. The number of nitro benzene ring substituents is 1. The van der Waals surface area contributed by atoms with Gasteiger partial charge < -0.3 is 5.32 Å². The topological polar surface area (TPSA) is 68.1 Å². The molecular formula is C12H13N3O2S. The van der Waals surface area contributed by atoms with E-state index in [1.165, 1.54) is 11.5 Å².